The molecular formula is C17H22N2OS. The molecule has 0 bridgehead atoms. The Morgan fingerprint density at radius 2 is 1.81 bits per heavy atom. The molecule has 1 N–H and O–H groups in total. The summed E-state index contributed by atoms with van der Waals surface area (Å²) in [6.07, 6.45) is 3.67. The van der Waals surface area contributed by atoms with Crippen molar-refractivity contribution in [3.63, 3.8) is 0 Å². The predicted molar refractivity (Wildman–Crippen MR) is 89.0 cm³/mol. The average molecular weight is 302 g/mol. The molecule has 2 rings (SSSR count). The summed E-state index contributed by atoms with van der Waals surface area (Å²) in [7, 11) is 0. The fraction of sp³-hybridized carbons (Fsp3) is 0.353. The van der Waals surface area contributed by atoms with Gasteiger partial charge in [-0.25, -0.2) is 0 Å². The lowest BCUT2D eigenvalue weighted by Gasteiger charge is -2.18. The minimum absolute atomic E-state index is 0.337. The molecule has 0 saturated heterocycles. The Bertz CT molecular complexity index is 516. The number of hydrogen-bond donors (Lipinski definition) is 1. The number of nitrogens with zero attached hydrogens (tertiary/aromatic N) is 1. The number of rotatable bonds is 8. The molecule has 1 atom stereocenters. The van der Waals surface area contributed by atoms with E-state index in [9.17, 15) is 0 Å². The van der Waals surface area contributed by atoms with Gasteiger partial charge in [0.2, 0.25) is 0 Å². The van der Waals surface area contributed by atoms with Crippen molar-refractivity contribution >= 4 is 11.8 Å². The van der Waals surface area contributed by atoms with Gasteiger partial charge >= 0.3 is 0 Å². The Morgan fingerprint density at radius 3 is 2.43 bits per heavy atom. The minimum Gasteiger partial charge on any atom is -0.494 e. The van der Waals surface area contributed by atoms with Gasteiger partial charge in [-0.1, -0.05) is 19.1 Å². The van der Waals surface area contributed by atoms with E-state index in [1.165, 1.54) is 10.5 Å². The molecule has 0 aliphatic rings. The molecule has 0 radical (unpaired) electrons. The summed E-state index contributed by atoms with van der Waals surface area (Å²) in [4.78, 5) is 5.30. The summed E-state index contributed by atoms with van der Waals surface area (Å²) in [5.74, 6) is 1.92. The molecule has 1 unspecified atom stereocenters. The number of benzene rings is 1. The van der Waals surface area contributed by atoms with Crippen molar-refractivity contribution in [1.82, 2.24) is 10.3 Å². The monoisotopic (exact) mass is 302 g/mol. The van der Waals surface area contributed by atoms with Crippen LogP contribution in [0, 0.1) is 0 Å². The molecule has 3 nitrogen and oxygen atoms in total. The van der Waals surface area contributed by atoms with E-state index < -0.39 is 0 Å². The van der Waals surface area contributed by atoms with Crippen LogP contribution >= 0.6 is 11.8 Å². The average Bonchev–Trinajstić information content (AvgIpc) is 2.54. The predicted octanol–water partition coefficient (Wildman–Crippen LogP) is 3.92. The second-order valence-corrected chi connectivity index (χ2v) is 5.70. The molecule has 1 heterocycles. The van der Waals surface area contributed by atoms with Crippen molar-refractivity contribution in [2.75, 3.05) is 18.9 Å². The summed E-state index contributed by atoms with van der Waals surface area (Å²) in [5.41, 5.74) is 1.29. The lowest BCUT2D eigenvalue weighted by atomic mass is 10.1. The third-order valence-electron chi connectivity index (χ3n) is 3.11. The van der Waals surface area contributed by atoms with Gasteiger partial charge in [0.05, 0.1) is 6.61 Å². The number of nitrogens with one attached hydrogen (secondary N) is 1. The number of hydrogen-bond acceptors (Lipinski definition) is 4. The summed E-state index contributed by atoms with van der Waals surface area (Å²) in [5, 5.41) is 3.54. The minimum atomic E-state index is 0.337. The number of aromatic nitrogens is 1. The third kappa shape index (κ3) is 5.06. The topological polar surface area (TPSA) is 34.2 Å². The van der Waals surface area contributed by atoms with Crippen LogP contribution in [0.25, 0.3) is 0 Å². The van der Waals surface area contributed by atoms with Crippen LogP contribution in [0.5, 0.6) is 5.75 Å². The largest absolute Gasteiger partial charge is 0.494 e. The molecule has 2 aromatic rings. The highest BCUT2D eigenvalue weighted by atomic mass is 32.2. The van der Waals surface area contributed by atoms with E-state index in [0.29, 0.717) is 12.6 Å². The van der Waals surface area contributed by atoms with Gasteiger partial charge in [0.15, 0.2) is 0 Å². The van der Waals surface area contributed by atoms with Gasteiger partial charge in [0, 0.05) is 29.1 Å². The molecule has 0 saturated carbocycles. The van der Waals surface area contributed by atoms with Gasteiger partial charge in [-0.15, -0.1) is 11.8 Å². The lowest BCUT2D eigenvalue weighted by Crippen LogP contribution is -2.22. The third-order valence-corrected chi connectivity index (χ3v) is 4.22. The van der Waals surface area contributed by atoms with Crippen LogP contribution in [0.2, 0.25) is 0 Å². The van der Waals surface area contributed by atoms with Gasteiger partial charge in [-0.05, 0) is 43.3 Å². The highest BCUT2D eigenvalue weighted by Crippen LogP contribution is 2.25. The van der Waals surface area contributed by atoms with Gasteiger partial charge in [-0.2, -0.15) is 0 Å². The number of pyridine rings is 1. The summed E-state index contributed by atoms with van der Waals surface area (Å²) in [6, 6.07) is 12.8. The van der Waals surface area contributed by atoms with Gasteiger partial charge in [0.1, 0.15) is 5.75 Å². The maximum absolute atomic E-state index is 5.50. The van der Waals surface area contributed by atoms with Crippen LogP contribution in [0.15, 0.2) is 53.7 Å². The molecule has 0 aliphatic heterocycles. The first-order valence-electron chi connectivity index (χ1n) is 7.32. The standard InChI is InChI=1S/C17H22N2OS/c1-3-19-17(13-21-16-9-11-18-12-10-16)14-5-7-15(8-6-14)20-4-2/h5-12,17,19H,3-4,13H2,1-2H3. The maximum Gasteiger partial charge on any atom is 0.119 e. The lowest BCUT2D eigenvalue weighted by molar-refractivity contribution is 0.340. The van der Waals surface area contributed by atoms with E-state index >= 15 is 0 Å². The van der Waals surface area contributed by atoms with Crippen LogP contribution in [-0.2, 0) is 0 Å². The molecule has 0 aliphatic carbocycles. The summed E-state index contributed by atoms with van der Waals surface area (Å²) >= 11 is 1.84. The molecule has 0 spiro atoms. The SMILES string of the molecule is CCNC(CSc1ccncc1)c1ccc(OCC)cc1. The molecule has 4 heteroatoms. The fourth-order valence-corrected chi connectivity index (χ4v) is 3.08. The van der Waals surface area contributed by atoms with Crippen LogP contribution in [0.1, 0.15) is 25.5 Å². The van der Waals surface area contributed by atoms with Crippen molar-refractivity contribution in [2.24, 2.45) is 0 Å². The van der Waals surface area contributed by atoms with Crippen molar-refractivity contribution in [2.45, 2.75) is 24.8 Å². The zero-order chi connectivity index (χ0) is 14.9. The summed E-state index contributed by atoms with van der Waals surface area (Å²) in [6.45, 7) is 5.79. The zero-order valence-electron chi connectivity index (χ0n) is 12.6. The fourth-order valence-electron chi connectivity index (χ4n) is 2.10. The second kappa shape index (κ2) is 8.70. The molecule has 1 aromatic heterocycles. The highest BCUT2D eigenvalue weighted by Gasteiger charge is 2.11. The van der Waals surface area contributed by atoms with Crippen LogP contribution < -0.4 is 10.1 Å². The summed E-state index contributed by atoms with van der Waals surface area (Å²) < 4.78 is 5.50. The first-order chi connectivity index (χ1) is 10.3. The van der Waals surface area contributed by atoms with Gasteiger partial charge < -0.3 is 10.1 Å². The molecule has 0 fully saturated rings. The van der Waals surface area contributed by atoms with Crippen LogP contribution in [0.3, 0.4) is 0 Å². The van der Waals surface area contributed by atoms with Crippen molar-refractivity contribution < 1.29 is 4.74 Å². The zero-order valence-corrected chi connectivity index (χ0v) is 13.4. The first-order valence-corrected chi connectivity index (χ1v) is 8.31. The Morgan fingerprint density at radius 1 is 1.10 bits per heavy atom. The second-order valence-electron chi connectivity index (χ2n) is 4.61. The van der Waals surface area contributed by atoms with Crippen LogP contribution in [0.4, 0.5) is 0 Å². The van der Waals surface area contributed by atoms with E-state index in [4.69, 9.17) is 4.74 Å². The number of thioether (sulfide) groups is 1. The van der Waals surface area contributed by atoms with Gasteiger partial charge in [-0.3, -0.25) is 4.98 Å². The number of ether oxygens (including phenoxy) is 1. The van der Waals surface area contributed by atoms with E-state index in [-0.39, 0.29) is 0 Å². The molecular weight excluding hydrogens is 280 g/mol. The Kier molecular flexibility index (Phi) is 6.57. The first kappa shape index (κ1) is 15.9. The normalized spacial score (nSPS) is 12.1. The smallest absolute Gasteiger partial charge is 0.119 e. The maximum atomic E-state index is 5.50. The Balaban J connectivity index is 2.00. The Labute approximate surface area is 131 Å². The van der Waals surface area contributed by atoms with Crippen molar-refractivity contribution in [3.8, 4) is 5.75 Å². The van der Waals surface area contributed by atoms with E-state index in [1.54, 1.807) is 0 Å². The molecule has 21 heavy (non-hydrogen) atoms. The van der Waals surface area contributed by atoms with E-state index in [2.05, 4.69) is 29.4 Å². The highest BCUT2D eigenvalue weighted by molar-refractivity contribution is 7.99. The van der Waals surface area contributed by atoms with Crippen molar-refractivity contribution in [1.29, 1.82) is 0 Å². The molecule has 1 aromatic carbocycles. The Hall–Kier alpha value is -1.52. The molecule has 0 amide bonds. The van der Waals surface area contributed by atoms with Gasteiger partial charge in [0.25, 0.3) is 0 Å². The quantitative estimate of drug-likeness (QED) is 0.749. The van der Waals surface area contributed by atoms with Crippen molar-refractivity contribution in [3.05, 3.63) is 54.4 Å². The van der Waals surface area contributed by atoms with Crippen LogP contribution in [-0.4, -0.2) is 23.9 Å². The van der Waals surface area contributed by atoms with E-state index in [0.717, 1.165) is 18.0 Å². The van der Waals surface area contributed by atoms with E-state index in [1.807, 2.05) is 55.3 Å². The molecule has 112 valence electrons.